The Hall–Kier alpha value is -3.64. The van der Waals surface area contributed by atoms with E-state index < -0.39 is 5.91 Å². The molecule has 0 aliphatic carbocycles. The predicted molar refractivity (Wildman–Crippen MR) is 126 cm³/mol. The highest BCUT2D eigenvalue weighted by Gasteiger charge is 2.09. The van der Waals surface area contributed by atoms with Gasteiger partial charge in [0.05, 0.1) is 16.3 Å². The summed E-state index contributed by atoms with van der Waals surface area (Å²) in [7, 11) is 0. The Morgan fingerprint density at radius 2 is 1.77 bits per heavy atom. The van der Waals surface area contributed by atoms with Gasteiger partial charge in [-0.15, -0.1) is 0 Å². The summed E-state index contributed by atoms with van der Waals surface area (Å²) in [6.45, 7) is 0.448. The summed E-state index contributed by atoms with van der Waals surface area (Å²) in [5, 5.41) is 16.0. The third kappa shape index (κ3) is 4.92. The molecule has 1 amide bonds. The number of phenols is 1. The lowest BCUT2D eigenvalue weighted by atomic mass is 10.1. The molecule has 5 nitrogen and oxygen atoms in total. The normalized spacial score (nSPS) is 11.0. The summed E-state index contributed by atoms with van der Waals surface area (Å²) < 4.78 is 6.79. The molecule has 154 valence electrons. The number of carbonyl (C=O) groups excluding carboxylic acids is 1. The van der Waals surface area contributed by atoms with Gasteiger partial charge in [0.1, 0.15) is 18.1 Å². The Labute approximate surface area is 188 Å². The highest BCUT2D eigenvalue weighted by molar-refractivity contribution is 9.10. The summed E-state index contributed by atoms with van der Waals surface area (Å²) in [6, 6.07) is 26.2. The molecule has 0 aromatic heterocycles. The van der Waals surface area contributed by atoms with Crippen LogP contribution >= 0.6 is 15.9 Å². The van der Waals surface area contributed by atoms with E-state index in [1.165, 1.54) is 29.1 Å². The highest BCUT2D eigenvalue weighted by atomic mass is 79.9. The van der Waals surface area contributed by atoms with Crippen LogP contribution < -0.4 is 10.2 Å². The lowest BCUT2D eigenvalue weighted by molar-refractivity contribution is 0.0952. The number of fused-ring (bicyclic) bond motifs is 1. The molecule has 0 aliphatic rings. The molecule has 31 heavy (non-hydrogen) atoms. The number of phenolic OH excluding ortho intramolecular Hbond substituents is 1. The van der Waals surface area contributed by atoms with Gasteiger partial charge in [-0.1, -0.05) is 54.6 Å². The summed E-state index contributed by atoms with van der Waals surface area (Å²) in [6.07, 6.45) is 1.52. The maximum absolute atomic E-state index is 12.1. The van der Waals surface area contributed by atoms with Crippen LogP contribution in [0, 0.1) is 0 Å². The fourth-order valence-electron chi connectivity index (χ4n) is 3.18. The number of para-hydroxylation sites is 1. The van der Waals surface area contributed by atoms with Gasteiger partial charge in [0.15, 0.2) is 0 Å². The van der Waals surface area contributed by atoms with E-state index in [0.717, 1.165) is 15.6 Å². The number of ether oxygens (including phenoxy) is 1. The third-order valence-electron chi connectivity index (χ3n) is 4.75. The number of nitrogens with zero attached hydrogens (tertiary/aromatic N) is 1. The fourth-order valence-corrected chi connectivity index (χ4v) is 3.69. The average molecular weight is 475 g/mol. The summed E-state index contributed by atoms with van der Waals surface area (Å²) in [4.78, 5) is 12.1. The molecule has 0 radical (unpaired) electrons. The largest absolute Gasteiger partial charge is 0.507 e. The summed E-state index contributed by atoms with van der Waals surface area (Å²) in [5.74, 6) is 0.137. The van der Waals surface area contributed by atoms with Crippen LogP contribution in [-0.4, -0.2) is 17.2 Å². The van der Waals surface area contributed by atoms with Gasteiger partial charge in [-0.25, -0.2) is 5.43 Å². The van der Waals surface area contributed by atoms with Gasteiger partial charge in [-0.2, -0.15) is 5.10 Å². The van der Waals surface area contributed by atoms with Crippen LogP contribution in [0.5, 0.6) is 11.5 Å². The van der Waals surface area contributed by atoms with E-state index >= 15 is 0 Å². The predicted octanol–water partition coefficient (Wildman–Crippen LogP) is 5.65. The SMILES string of the molecule is O=C(N/N=C/c1ccc(OCc2cccc3ccccc23)c(Br)c1)c1ccccc1O. The number of hydrogen-bond donors (Lipinski definition) is 2. The van der Waals surface area contributed by atoms with E-state index in [-0.39, 0.29) is 11.3 Å². The van der Waals surface area contributed by atoms with Crippen molar-refractivity contribution in [1.29, 1.82) is 0 Å². The first-order valence-electron chi connectivity index (χ1n) is 9.62. The molecule has 0 aliphatic heterocycles. The van der Waals surface area contributed by atoms with Crippen LogP contribution in [0.25, 0.3) is 10.8 Å². The second-order valence-corrected chi connectivity index (χ2v) is 7.69. The minimum Gasteiger partial charge on any atom is -0.507 e. The maximum Gasteiger partial charge on any atom is 0.275 e. The minimum atomic E-state index is -0.483. The molecule has 0 spiro atoms. The van der Waals surface area contributed by atoms with Crippen molar-refractivity contribution in [2.45, 2.75) is 6.61 Å². The summed E-state index contributed by atoms with van der Waals surface area (Å²) >= 11 is 3.53. The van der Waals surface area contributed by atoms with Crippen molar-refractivity contribution < 1.29 is 14.6 Å². The lowest BCUT2D eigenvalue weighted by Gasteiger charge is -2.11. The molecule has 0 bridgehead atoms. The number of carbonyl (C=O) groups is 1. The number of aromatic hydroxyl groups is 1. The van der Waals surface area contributed by atoms with Gasteiger partial charge < -0.3 is 9.84 Å². The van der Waals surface area contributed by atoms with Crippen molar-refractivity contribution in [2.24, 2.45) is 5.10 Å². The lowest BCUT2D eigenvalue weighted by Crippen LogP contribution is -2.17. The molecule has 4 aromatic rings. The molecule has 0 heterocycles. The number of amides is 1. The molecule has 0 unspecified atom stereocenters. The smallest absolute Gasteiger partial charge is 0.275 e. The number of benzene rings is 4. The van der Waals surface area contributed by atoms with Crippen molar-refractivity contribution in [3.05, 3.63) is 106 Å². The Balaban J connectivity index is 1.40. The van der Waals surface area contributed by atoms with Crippen molar-refractivity contribution in [3.8, 4) is 11.5 Å². The standard InChI is InChI=1S/C25H19BrN2O3/c26-22-14-17(15-27-28-25(30)21-10-3-4-11-23(21)29)12-13-24(22)31-16-19-8-5-7-18-6-1-2-9-20(18)19/h1-15,29H,16H2,(H,28,30)/b27-15+. The van der Waals surface area contributed by atoms with E-state index in [4.69, 9.17) is 4.74 Å². The first-order chi connectivity index (χ1) is 15.1. The van der Waals surface area contributed by atoms with Crippen molar-refractivity contribution in [1.82, 2.24) is 5.43 Å². The van der Waals surface area contributed by atoms with Crippen molar-refractivity contribution in [3.63, 3.8) is 0 Å². The molecular weight excluding hydrogens is 456 g/mol. The fraction of sp³-hybridized carbons (Fsp3) is 0.0400. The maximum atomic E-state index is 12.1. The van der Waals surface area contributed by atoms with Crippen LogP contribution in [0.3, 0.4) is 0 Å². The zero-order valence-electron chi connectivity index (χ0n) is 16.5. The number of hydrazone groups is 1. The molecule has 0 fully saturated rings. The van der Waals surface area contributed by atoms with Crippen LogP contribution in [0.4, 0.5) is 0 Å². The quantitative estimate of drug-likeness (QED) is 0.280. The van der Waals surface area contributed by atoms with Crippen molar-refractivity contribution in [2.75, 3.05) is 0 Å². The second-order valence-electron chi connectivity index (χ2n) is 6.83. The number of halogens is 1. The van der Waals surface area contributed by atoms with Gasteiger partial charge in [0.25, 0.3) is 5.91 Å². The number of hydrogen-bond acceptors (Lipinski definition) is 4. The van der Waals surface area contributed by atoms with Crippen LogP contribution in [0.15, 0.2) is 94.5 Å². The van der Waals surface area contributed by atoms with Crippen LogP contribution in [0.1, 0.15) is 21.5 Å². The summed E-state index contributed by atoms with van der Waals surface area (Å²) in [5.41, 5.74) is 4.47. The minimum absolute atomic E-state index is 0.0920. The van der Waals surface area contributed by atoms with Gasteiger partial charge >= 0.3 is 0 Å². The Kier molecular flexibility index (Phi) is 6.29. The van der Waals surface area contributed by atoms with E-state index in [1.807, 2.05) is 36.4 Å². The molecule has 2 N–H and O–H groups in total. The Bertz CT molecular complexity index is 1270. The van der Waals surface area contributed by atoms with Gasteiger partial charge in [-0.05, 0) is 68.2 Å². The third-order valence-corrected chi connectivity index (χ3v) is 5.37. The average Bonchev–Trinajstić information content (AvgIpc) is 2.79. The molecule has 0 atom stereocenters. The van der Waals surface area contributed by atoms with E-state index in [1.54, 1.807) is 12.1 Å². The van der Waals surface area contributed by atoms with E-state index in [0.29, 0.717) is 12.4 Å². The van der Waals surface area contributed by atoms with Gasteiger partial charge in [-0.3, -0.25) is 4.79 Å². The van der Waals surface area contributed by atoms with Gasteiger partial charge in [0, 0.05) is 0 Å². The molecule has 0 saturated carbocycles. The second kappa shape index (κ2) is 9.45. The Morgan fingerprint density at radius 3 is 2.61 bits per heavy atom. The van der Waals surface area contributed by atoms with Gasteiger partial charge in [0.2, 0.25) is 0 Å². The topological polar surface area (TPSA) is 70.9 Å². The Morgan fingerprint density at radius 1 is 1.00 bits per heavy atom. The van der Waals surface area contributed by atoms with Crippen molar-refractivity contribution >= 4 is 38.8 Å². The van der Waals surface area contributed by atoms with Crippen LogP contribution in [-0.2, 0) is 6.61 Å². The zero-order valence-corrected chi connectivity index (χ0v) is 18.0. The first-order valence-corrected chi connectivity index (χ1v) is 10.4. The molecular formula is C25H19BrN2O3. The molecule has 6 heteroatoms. The number of nitrogens with one attached hydrogen (secondary N) is 1. The molecule has 4 rings (SSSR count). The number of rotatable bonds is 6. The monoisotopic (exact) mass is 474 g/mol. The van der Waals surface area contributed by atoms with E-state index in [9.17, 15) is 9.90 Å². The molecule has 0 saturated heterocycles. The van der Waals surface area contributed by atoms with Crippen LogP contribution in [0.2, 0.25) is 0 Å². The van der Waals surface area contributed by atoms with E-state index in [2.05, 4.69) is 50.7 Å². The highest BCUT2D eigenvalue weighted by Crippen LogP contribution is 2.27. The first kappa shape index (κ1) is 20.6. The molecule has 4 aromatic carbocycles. The zero-order chi connectivity index (χ0) is 21.6.